The fourth-order valence-electron chi connectivity index (χ4n) is 2.41. The highest BCUT2D eigenvalue weighted by Gasteiger charge is 2.11. The Hall–Kier alpha value is -3.48. The van der Waals surface area contributed by atoms with Gasteiger partial charge in [-0.25, -0.2) is 9.97 Å². The van der Waals surface area contributed by atoms with Gasteiger partial charge in [-0.3, -0.25) is 14.2 Å². The van der Waals surface area contributed by atoms with Gasteiger partial charge in [-0.15, -0.1) is 0 Å². The molecule has 0 saturated carbocycles. The van der Waals surface area contributed by atoms with Gasteiger partial charge in [0.2, 0.25) is 0 Å². The van der Waals surface area contributed by atoms with Crippen molar-refractivity contribution in [1.29, 1.82) is 0 Å². The largest absolute Gasteiger partial charge is 0.364 e. The smallest absolute Gasteiger partial charge is 0.267 e. The van der Waals surface area contributed by atoms with Gasteiger partial charge < -0.3 is 11.1 Å². The monoisotopic (exact) mass is 335 g/mol. The molecule has 0 aliphatic carbocycles. The van der Waals surface area contributed by atoms with Gasteiger partial charge in [-0.2, -0.15) is 0 Å². The molecule has 0 aliphatic heterocycles. The lowest BCUT2D eigenvalue weighted by Crippen LogP contribution is -2.16. The van der Waals surface area contributed by atoms with Gasteiger partial charge in [-0.1, -0.05) is 6.92 Å². The molecule has 3 rings (SSSR count). The van der Waals surface area contributed by atoms with Crippen LogP contribution in [0.2, 0.25) is 0 Å². The summed E-state index contributed by atoms with van der Waals surface area (Å²) in [7, 11) is 0. The second-order valence-electron chi connectivity index (χ2n) is 5.42. The number of pyridine rings is 1. The van der Waals surface area contributed by atoms with Crippen molar-refractivity contribution in [3.63, 3.8) is 0 Å². The number of hydrogen-bond donors (Lipinski definition) is 2. The van der Waals surface area contributed by atoms with E-state index in [0.29, 0.717) is 17.1 Å². The first-order chi connectivity index (χ1) is 12.1. The maximum Gasteiger partial charge on any atom is 0.267 e. The van der Waals surface area contributed by atoms with Gasteiger partial charge in [0.05, 0.1) is 12.5 Å². The van der Waals surface area contributed by atoms with Crippen molar-refractivity contribution in [3.8, 4) is 5.69 Å². The van der Waals surface area contributed by atoms with E-state index in [1.807, 2.05) is 19.1 Å². The molecule has 0 saturated heterocycles. The number of nitrogens with one attached hydrogen (secondary N) is 1. The van der Waals surface area contributed by atoms with Crippen LogP contribution in [0.5, 0.6) is 0 Å². The van der Waals surface area contributed by atoms with E-state index in [1.54, 1.807) is 35.0 Å². The Morgan fingerprint density at radius 2 is 1.96 bits per heavy atom. The summed E-state index contributed by atoms with van der Waals surface area (Å²) in [5, 5.41) is 2.77. The highest BCUT2D eigenvalue weighted by atomic mass is 16.2. The Labute approximate surface area is 144 Å². The van der Waals surface area contributed by atoms with E-state index in [1.165, 1.54) is 12.5 Å². The fourth-order valence-corrected chi connectivity index (χ4v) is 2.41. The zero-order valence-corrected chi connectivity index (χ0v) is 13.6. The summed E-state index contributed by atoms with van der Waals surface area (Å²) < 4.78 is 1.57. The van der Waals surface area contributed by atoms with Gasteiger partial charge in [0.15, 0.2) is 0 Å². The summed E-state index contributed by atoms with van der Waals surface area (Å²) in [6.07, 6.45) is 5.43. The quantitative estimate of drug-likeness (QED) is 0.746. The number of hydrogen-bond acceptors (Lipinski definition) is 4. The first-order valence-electron chi connectivity index (χ1n) is 7.77. The second-order valence-corrected chi connectivity index (χ2v) is 5.42. The molecule has 2 amide bonds. The molecule has 0 radical (unpaired) electrons. The molecule has 3 N–H and O–H groups in total. The molecule has 0 fully saturated rings. The van der Waals surface area contributed by atoms with E-state index in [2.05, 4.69) is 15.3 Å². The lowest BCUT2D eigenvalue weighted by Gasteiger charge is -2.08. The predicted molar refractivity (Wildman–Crippen MR) is 93.7 cm³/mol. The number of aromatic nitrogens is 3. The summed E-state index contributed by atoms with van der Waals surface area (Å²) in [5.74, 6) is -0.312. The minimum absolute atomic E-state index is 0.256. The molecule has 2 aromatic heterocycles. The maximum absolute atomic E-state index is 12.3. The van der Waals surface area contributed by atoms with E-state index < -0.39 is 5.91 Å². The number of nitrogens with two attached hydrogens (primary N) is 1. The highest BCUT2D eigenvalue weighted by Crippen LogP contribution is 2.14. The van der Waals surface area contributed by atoms with Crippen LogP contribution in [-0.2, 0) is 6.42 Å². The zero-order chi connectivity index (χ0) is 17.8. The molecule has 2 heterocycles. The van der Waals surface area contributed by atoms with E-state index >= 15 is 0 Å². The first-order valence-corrected chi connectivity index (χ1v) is 7.77. The van der Waals surface area contributed by atoms with E-state index in [9.17, 15) is 9.59 Å². The third-order valence-electron chi connectivity index (χ3n) is 3.77. The third-order valence-corrected chi connectivity index (χ3v) is 3.77. The SMILES string of the molecule is CCc1ccnc(NC(=O)c2ccc(-n3cncc3C(N)=O)cc2)c1. The van der Waals surface area contributed by atoms with Crippen LogP contribution in [0.15, 0.2) is 55.1 Å². The molecule has 7 nitrogen and oxygen atoms in total. The highest BCUT2D eigenvalue weighted by molar-refractivity contribution is 6.03. The first kappa shape index (κ1) is 16.4. The molecular formula is C18H17N5O2. The van der Waals surface area contributed by atoms with Crippen LogP contribution in [-0.4, -0.2) is 26.3 Å². The van der Waals surface area contributed by atoms with Crippen LogP contribution in [0, 0.1) is 0 Å². The minimum atomic E-state index is -0.568. The molecule has 25 heavy (non-hydrogen) atoms. The number of aryl methyl sites for hydroxylation is 1. The number of primary amides is 1. The topological polar surface area (TPSA) is 103 Å². The number of carbonyl (C=O) groups is 2. The lowest BCUT2D eigenvalue weighted by molar-refractivity contribution is 0.0991. The van der Waals surface area contributed by atoms with Crippen LogP contribution >= 0.6 is 0 Å². The average Bonchev–Trinajstić information content (AvgIpc) is 3.12. The molecule has 1 aromatic carbocycles. The van der Waals surface area contributed by atoms with E-state index in [0.717, 1.165) is 12.0 Å². The Bertz CT molecular complexity index is 915. The molecule has 0 unspecified atom stereocenters. The van der Waals surface area contributed by atoms with Crippen molar-refractivity contribution in [2.45, 2.75) is 13.3 Å². The van der Waals surface area contributed by atoms with Gasteiger partial charge >= 0.3 is 0 Å². The van der Waals surface area contributed by atoms with Crippen molar-refractivity contribution in [3.05, 3.63) is 71.9 Å². The summed E-state index contributed by atoms with van der Waals surface area (Å²) >= 11 is 0. The van der Waals surface area contributed by atoms with Gasteiger partial charge in [0.25, 0.3) is 11.8 Å². The zero-order valence-electron chi connectivity index (χ0n) is 13.6. The molecule has 0 atom stereocenters. The lowest BCUT2D eigenvalue weighted by atomic mass is 10.2. The Morgan fingerprint density at radius 3 is 2.64 bits per heavy atom. The Balaban J connectivity index is 1.78. The van der Waals surface area contributed by atoms with Crippen molar-refractivity contribution in [2.24, 2.45) is 5.73 Å². The molecule has 0 aliphatic rings. The summed E-state index contributed by atoms with van der Waals surface area (Å²) in [6.45, 7) is 2.04. The minimum Gasteiger partial charge on any atom is -0.364 e. The molecule has 0 bridgehead atoms. The normalized spacial score (nSPS) is 10.4. The molecular weight excluding hydrogens is 318 g/mol. The number of imidazole rings is 1. The number of carbonyl (C=O) groups excluding carboxylic acids is 2. The maximum atomic E-state index is 12.3. The van der Waals surface area contributed by atoms with Gasteiger partial charge in [0.1, 0.15) is 11.5 Å². The average molecular weight is 335 g/mol. The van der Waals surface area contributed by atoms with Crippen molar-refractivity contribution >= 4 is 17.6 Å². The van der Waals surface area contributed by atoms with Crippen LogP contribution in [0.25, 0.3) is 5.69 Å². The van der Waals surface area contributed by atoms with Crippen LogP contribution in [0.1, 0.15) is 33.3 Å². The van der Waals surface area contributed by atoms with Crippen LogP contribution in [0.3, 0.4) is 0 Å². The molecule has 126 valence electrons. The van der Waals surface area contributed by atoms with Crippen molar-refractivity contribution in [2.75, 3.05) is 5.32 Å². The Morgan fingerprint density at radius 1 is 1.20 bits per heavy atom. The summed E-state index contributed by atoms with van der Waals surface area (Å²) in [6, 6.07) is 10.5. The van der Waals surface area contributed by atoms with Crippen LogP contribution in [0.4, 0.5) is 5.82 Å². The van der Waals surface area contributed by atoms with Crippen molar-refractivity contribution < 1.29 is 9.59 Å². The van der Waals surface area contributed by atoms with E-state index in [4.69, 9.17) is 5.73 Å². The molecule has 0 spiro atoms. The van der Waals surface area contributed by atoms with E-state index in [-0.39, 0.29) is 11.6 Å². The summed E-state index contributed by atoms with van der Waals surface area (Å²) in [4.78, 5) is 31.8. The predicted octanol–water partition coefficient (Wildman–Crippen LogP) is 2.18. The number of anilines is 1. The third kappa shape index (κ3) is 3.55. The number of rotatable bonds is 5. The summed E-state index contributed by atoms with van der Waals surface area (Å²) in [5.41, 5.74) is 7.85. The van der Waals surface area contributed by atoms with Crippen molar-refractivity contribution in [1.82, 2.24) is 14.5 Å². The number of amides is 2. The van der Waals surface area contributed by atoms with Gasteiger partial charge in [0, 0.05) is 17.4 Å². The van der Waals surface area contributed by atoms with Gasteiger partial charge in [-0.05, 0) is 48.4 Å². The Kier molecular flexibility index (Phi) is 4.56. The standard InChI is InChI=1S/C18H17N5O2/c1-2-12-7-8-21-16(9-12)22-18(25)13-3-5-14(6-4-13)23-11-20-10-15(23)17(19)24/h3-11H,2H2,1H3,(H2,19,24)(H,21,22,25). The number of benzene rings is 1. The number of nitrogens with zero attached hydrogens (tertiary/aromatic N) is 3. The fraction of sp³-hybridized carbons (Fsp3) is 0.111. The molecule has 3 aromatic rings. The molecule has 7 heteroatoms. The van der Waals surface area contributed by atoms with Crippen LogP contribution < -0.4 is 11.1 Å². The second kappa shape index (κ2) is 6.96.